The Morgan fingerprint density at radius 1 is 1.11 bits per heavy atom. The van der Waals surface area contributed by atoms with Crippen LogP contribution in [0.15, 0.2) is 42.3 Å². The lowest BCUT2D eigenvalue weighted by Crippen LogP contribution is -2.54. The molecule has 1 saturated carbocycles. The van der Waals surface area contributed by atoms with Crippen molar-refractivity contribution >= 4 is 23.2 Å². The first-order valence-corrected chi connectivity index (χ1v) is 13.7. The minimum Gasteiger partial charge on any atom is -0.501 e. The summed E-state index contributed by atoms with van der Waals surface area (Å²) >= 11 is 0. The van der Waals surface area contributed by atoms with E-state index in [4.69, 9.17) is 15.5 Å². The molecule has 0 radical (unpaired) electrons. The fourth-order valence-corrected chi connectivity index (χ4v) is 5.90. The lowest BCUT2D eigenvalue weighted by Gasteiger charge is -2.37. The average Bonchev–Trinajstić information content (AvgIpc) is 3.46. The molecule has 0 spiro atoms. The van der Waals surface area contributed by atoms with Crippen molar-refractivity contribution in [3.63, 3.8) is 0 Å². The second-order valence-corrected chi connectivity index (χ2v) is 10.9. The summed E-state index contributed by atoms with van der Waals surface area (Å²) in [5.74, 6) is 2.70. The molecule has 198 valence electrons. The van der Waals surface area contributed by atoms with Gasteiger partial charge in [-0.3, -0.25) is 4.79 Å². The van der Waals surface area contributed by atoms with Crippen LogP contribution >= 0.6 is 0 Å². The Labute approximate surface area is 220 Å². The standard InChI is InChI=1S/C29H40N6O2/c1-19(2)26(30)28(36)35-16-14-34(15-17-35)23-11-9-22(10-12-23)32-29-31-18-21-8-13-24(37-3)25(27(21)33-29)20-6-4-5-7-20/h9-13,18-20,25-26H,4-8,14-17,30H2,1-3H3,(H,31,32,33). The van der Waals surface area contributed by atoms with Crippen molar-refractivity contribution in [2.45, 2.75) is 57.9 Å². The number of nitrogens with two attached hydrogens (primary N) is 1. The molecule has 2 heterocycles. The number of nitrogens with zero attached hydrogens (tertiary/aromatic N) is 4. The van der Waals surface area contributed by atoms with E-state index in [0.29, 0.717) is 25.0 Å². The summed E-state index contributed by atoms with van der Waals surface area (Å²) in [4.78, 5) is 26.4. The maximum absolute atomic E-state index is 12.6. The van der Waals surface area contributed by atoms with Crippen LogP contribution in [-0.2, 0) is 16.0 Å². The van der Waals surface area contributed by atoms with Crippen LogP contribution in [0.4, 0.5) is 17.3 Å². The normalized spacial score (nSPS) is 21.0. The van der Waals surface area contributed by atoms with Gasteiger partial charge in [0.05, 0.1) is 24.8 Å². The highest BCUT2D eigenvalue weighted by Gasteiger charge is 2.35. The largest absolute Gasteiger partial charge is 0.501 e. The molecule has 8 heteroatoms. The monoisotopic (exact) mass is 504 g/mol. The number of anilines is 3. The smallest absolute Gasteiger partial charge is 0.239 e. The van der Waals surface area contributed by atoms with Crippen LogP contribution in [0, 0.1) is 11.8 Å². The van der Waals surface area contributed by atoms with E-state index in [1.807, 2.05) is 24.9 Å². The van der Waals surface area contributed by atoms with Gasteiger partial charge in [0.1, 0.15) is 5.76 Å². The van der Waals surface area contributed by atoms with Crippen molar-refractivity contribution < 1.29 is 9.53 Å². The predicted octanol–water partition coefficient (Wildman–Crippen LogP) is 4.21. The summed E-state index contributed by atoms with van der Waals surface area (Å²) in [6.07, 6.45) is 10.0. The van der Waals surface area contributed by atoms with Crippen LogP contribution in [0.5, 0.6) is 0 Å². The number of allylic oxidation sites excluding steroid dienone is 2. The number of hydrogen-bond donors (Lipinski definition) is 2. The number of amides is 1. The van der Waals surface area contributed by atoms with Gasteiger partial charge in [-0.25, -0.2) is 9.97 Å². The van der Waals surface area contributed by atoms with E-state index in [2.05, 4.69) is 45.5 Å². The zero-order valence-electron chi connectivity index (χ0n) is 22.3. The Kier molecular flexibility index (Phi) is 7.65. The van der Waals surface area contributed by atoms with Gasteiger partial charge < -0.3 is 25.6 Å². The second kappa shape index (κ2) is 11.1. The van der Waals surface area contributed by atoms with Gasteiger partial charge in [-0.2, -0.15) is 0 Å². The van der Waals surface area contributed by atoms with Gasteiger partial charge in [0.15, 0.2) is 0 Å². The molecule has 1 aliphatic heterocycles. The molecule has 2 atom stereocenters. The molecule has 5 rings (SSSR count). The summed E-state index contributed by atoms with van der Waals surface area (Å²) in [6.45, 7) is 6.98. The number of carbonyl (C=O) groups excluding carboxylic acids is 1. The summed E-state index contributed by atoms with van der Waals surface area (Å²) < 4.78 is 5.79. The van der Waals surface area contributed by atoms with Crippen LogP contribution in [0.3, 0.4) is 0 Å². The van der Waals surface area contributed by atoms with E-state index in [-0.39, 0.29) is 17.7 Å². The molecule has 2 fully saturated rings. The molecule has 0 bridgehead atoms. The number of hydrogen-bond acceptors (Lipinski definition) is 7. The minimum absolute atomic E-state index is 0.0579. The molecule has 8 nitrogen and oxygen atoms in total. The van der Waals surface area contributed by atoms with Crippen molar-refractivity contribution in [3.8, 4) is 0 Å². The van der Waals surface area contributed by atoms with Crippen LogP contribution in [0.25, 0.3) is 0 Å². The van der Waals surface area contributed by atoms with Gasteiger partial charge in [0.25, 0.3) is 0 Å². The Bertz CT molecular complexity index is 1120. The molecular weight excluding hydrogens is 464 g/mol. The van der Waals surface area contributed by atoms with Gasteiger partial charge in [0.2, 0.25) is 11.9 Å². The third kappa shape index (κ3) is 5.44. The highest BCUT2D eigenvalue weighted by molar-refractivity contribution is 5.82. The molecule has 1 saturated heterocycles. The molecular formula is C29H40N6O2. The molecule has 1 aromatic carbocycles. The number of rotatable bonds is 7. The molecule has 1 aromatic heterocycles. The summed E-state index contributed by atoms with van der Waals surface area (Å²) in [6, 6.07) is 7.95. The summed E-state index contributed by atoms with van der Waals surface area (Å²) in [5.41, 5.74) is 10.5. The maximum Gasteiger partial charge on any atom is 0.239 e. The number of fused-ring (bicyclic) bond motifs is 1. The van der Waals surface area contributed by atoms with Crippen molar-refractivity contribution in [2.75, 3.05) is 43.5 Å². The van der Waals surface area contributed by atoms with Crippen molar-refractivity contribution in [3.05, 3.63) is 53.6 Å². The number of methoxy groups -OCH3 is 1. The first kappa shape index (κ1) is 25.5. The lowest BCUT2D eigenvalue weighted by atomic mass is 9.81. The van der Waals surface area contributed by atoms with Gasteiger partial charge >= 0.3 is 0 Å². The van der Waals surface area contributed by atoms with Gasteiger partial charge in [-0.15, -0.1) is 0 Å². The highest BCUT2D eigenvalue weighted by atomic mass is 16.5. The fraction of sp³-hybridized carbons (Fsp3) is 0.552. The summed E-state index contributed by atoms with van der Waals surface area (Å²) in [7, 11) is 1.78. The zero-order chi connectivity index (χ0) is 25.9. The van der Waals surface area contributed by atoms with Crippen molar-refractivity contribution in [2.24, 2.45) is 17.6 Å². The second-order valence-electron chi connectivity index (χ2n) is 10.9. The highest BCUT2D eigenvalue weighted by Crippen LogP contribution is 2.44. The molecule has 2 unspecified atom stereocenters. The maximum atomic E-state index is 12.6. The Morgan fingerprint density at radius 3 is 2.46 bits per heavy atom. The summed E-state index contributed by atoms with van der Waals surface area (Å²) in [5, 5.41) is 3.41. The number of ether oxygens (including phenoxy) is 1. The van der Waals surface area contributed by atoms with E-state index in [1.165, 1.54) is 31.2 Å². The number of benzene rings is 1. The first-order chi connectivity index (χ1) is 17.9. The SMILES string of the molecule is COC1=CCc2cnc(Nc3ccc(N4CCN(C(=O)C(N)C(C)C)CC4)cc3)nc2C1C1CCCC1. The number of nitrogens with one attached hydrogen (secondary N) is 1. The van der Waals surface area contributed by atoms with Crippen molar-refractivity contribution in [1.82, 2.24) is 14.9 Å². The van der Waals surface area contributed by atoms with E-state index in [1.54, 1.807) is 7.11 Å². The molecule has 1 amide bonds. The van der Waals surface area contributed by atoms with Crippen LogP contribution in [-0.4, -0.2) is 60.1 Å². The number of piperazine rings is 1. The number of carbonyl (C=O) groups is 1. The topological polar surface area (TPSA) is 96.6 Å². The lowest BCUT2D eigenvalue weighted by molar-refractivity contribution is -0.133. The van der Waals surface area contributed by atoms with Crippen molar-refractivity contribution in [1.29, 1.82) is 0 Å². The van der Waals surface area contributed by atoms with Gasteiger partial charge in [-0.1, -0.05) is 26.7 Å². The van der Waals surface area contributed by atoms with Gasteiger partial charge in [0, 0.05) is 43.8 Å². The Morgan fingerprint density at radius 2 is 1.81 bits per heavy atom. The Balaban J connectivity index is 1.23. The van der Waals surface area contributed by atoms with Gasteiger partial charge in [-0.05, 0) is 67.0 Å². The zero-order valence-corrected chi connectivity index (χ0v) is 22.3. The molecule has 37 heavy (non-hydrogen) atoms. The molecule has 2 aliphatic carbocycles. The van der Waals surface area contributed by atoms with Crippen LogP contribution in [0.2, 0.25) is 0 Å². The molecule has 3 N–H and O–H groups in total. The predicted molar refractivity (Wildman–Crippen MR) is 147 cm³/mol. The Hall–Kier alpha value is -3.13. The molecule has 2 aromatic rings. The van der Waals surface area contributed by atoms with E-state index in [0.717, 1.165) is 42.3 Å². The average molecular weight is 505 g/mol. The van der Waals surface area contributed by atoms with E-state index in [9.17, 15) is 4.79 Å². The van der Waals surface area contributed by atoms with Crippen LogP contribution in [0.1, 0.15) is 56.7 Å². The van der Waals surface area contributed by atoms with Crippen LogP contribution < -0.4 is 16.0 Å². The van der Waals surface area contributed by atoms with E-state index < -0.39 is 6.04 Å². The van der Waals surface area contributed by atoms with E-state index >= 15 is 0 Å². The third-order valence-electron chi connectivity index (χ3n) is 8.21. The number of aromatic nitrogens is 2. The first-order valence-electron chi connectivity index (χ1n) is 13.7. The fourth-order valence-electron chi connectivity index (χ4n) is 5.90. The quantitative estimate of drug-likeness (QED) is 0.583. The molecule has 3 aliphatic rings. The third-order valence-corrected chi connectivity index (χ3v) is 8.21. The minimum atomic E-state index is -0.423.